The minimum atomic E-state index is 0.0556. The van der Waals surface area contributed by atoms with Crippen molar-refractivity contribution >= 4 is 24.7 Å². The van der Waals surface area contributed by atoms with Crippen molar-refractivity contribution in [3.05, 3.63) is 6.42 Å². The second-order valence-electron chi connectivity index (χ2n) is 0.577. The average Bonchev–Trinajstić information content (AvgIpc) is 1.46. The van der Waals surface area contributed by atoms with Crippen LogP contribution in [0.3, 0.4) is 0 Å². The quantitative estimate of drug-likeness (QED) is 0.584. The Bertz CT molecular complexity index is 10.9. The molecule has 0 saturated heterocycles. The van der Waals surface area contributed by atoms with E-state index in [0.29, 0.717) is 0 Å². The fraction of sp³-hybridized carbons (Fsp3) is 0.667. The molecule has 0 heterocycles. The average molecular weight is 269 g/mol. The van der Waals surface area contributed by atoms with Gasteiger partial charge in [-0.05, 0) is 6.42 Å². The summed E-state index contributed by atoms with van der Waals surface area (Å²) in [5.74, 6) is 0. The van der Waals surface area contributed by atoms with Crippen molar-refractivity contribution in [2.75, 3.05) is 0 Å². The van der Waals surface area contributed by atoms with Crippen LogP contribution in [-0.4, -0.2) is 24.7 Å². The van der Waals surface area contributed by atoms with Crippen molar-refractivity contribution in [1.82, 2.24) is 0 Å². The van der Waals surface area contributed by atoms with Crippen molar-refractivity contribution in [2.24, 2.45) is 0 Å². The van der Waals surface area contributed by atoms with Crippen LogP contribution in [0.2, 0.25) is 0 Å². The van der Waals surface area contributed by atoms with Gasteiger partial charge < -0.3 is 0 Å². The molecule has 0 aromatic rings. The third kappa shape index (κ3) is 72.2. The summed E-state index contributed by atoms with van der Waals surface area (Å²) >= 11 is 0.0556. The SMILES string of the molecule is C[CH]C.[O]=[BiH]. The number of rotatable bonds is 0. The summed E-state index contributed by atoms with van der Waals surface area (Å²) in [6, 6.07) is 0. The maximum absolute atomic E-state index is 8.39. The molecular formula is C3H8BiO. The van der Waals surface area contributed by atoms with E-state index in [-0.39, 0.29) is 24.7 Å². The van der Waals surface area contributed by atoms with E-state index in [1.54, 1.807) is 0 Å². The van der Waals surface area contributed by atoms with Crippen LogP contribution >= 0.6 is 0 Å². The Morgan fingerprint density at radius 1 is 1.40 bits per heavy atom. The predicted octanol–water partition coefficient (Wildman–Crippen LogP) is 0.463. The molecule has 0 spiro atoms. The van der Waals surface area contributed by atoms with E-state index >= 15 is 0 Å². The monoisotopic (exact) mass is 269 g/mol. The molecule has 2 heteroatoms. The summed E-state index contributed by atoms with van der Waals surface area (Å²) in [5.41, 5.74) is 0. The van der Waals surface area contributed by atoms with Gasteiger partial charge in [-0.25, -0.2) is 0 Å². The van der Waals surface area contributed by atoms with Crippen molar-refractivity contribution in [2.45, 2.75) is 13.8 Å². The zero-order chi connectivity index (χ0) is 4.71. The standard InChI is InChI=1S/C3H7.Bi.O.H/c1-3-2;;;/h3H,1-2H3;;;. The van der Waals surface area contributed by atoms with Crippen molar-refractivity contribution in [3.63, 3.8) is 0 Å². The summed E-state index contributed by atoms with van der Waals surface area (Å²) in [7, 11) is 0. The molecule has 0 aliphatic carbocycles. The molecule has 0 aromatic heterocycles. The molecule has 5 heavy (non-hydrogen) atoms. The summed E-state index contributed by atoms with van der Waals surface area (Å²) in [4.78, 5) is 0. The topological polar surface area (TPSA) is 17.1 Å². The van der Waals surface area contributed by atoms with Crippen LogP contribution in [0.15, 0.2) is 0 Å². The fourth-order valence-electron chi connectivity index (χ4n) is 0. The second-order valence-corrected chi connectivity index (χ2v) is 0.577. The molecule has 1 radical (unpaired) electrons. The van der Waals surface area contributed by atoms with E-state index in [4.69, 9.17) is 2.81 Å². The van der Waals surface area contributed by atoms with Gasteiger partial charge in [-0.2, -0.15) is 0 Å². The molecule has 0 fully saturated rings. The first-order valence-corrected chi connectivity index (χ1v) is 2.95. The third-order valence-corrected chi connectivity index (χ3v) is 0. The number of hydrogen-bond donors (Lipinski definition) is 0. The zero-order valence-electron chi connectivity index (χ0n) is 3.49. The Balaban J connectivity index is 0. The first-order valence-electron chi connectivity index (χ1n) is 1.36. The summed E-state index contributed by atoms with van der Waals surface area (Å²) in [6.07, 6.45) is 2.00. The van der Waals surface area contributed by atoms with Gasteiger partial charge in [0.25, 0.3) is 0 Å². The van der Waals surface area contributed by atoms with Crippen LogP contribution in [0.25, 0.3) is 0 Å². The molecule has 0 aliphatic heterocycles. The molecule has 0 N–H and O–H groups in total. The molecule has 0 amide bonds. The Kier molecular flexibility index (Phi) is 41.2. The van der Waals surface area contributed by atoms with E-state index in [0.717, 1.165) is 0 Å². The summed E-state index contributed by atoms with van der Waals surface area (Å²) < 4.78 is 8.39. The van der Waals surface area contributed by atoms with Crippen molar-refractivity contribution in [1.29, 1.82) is 0 Å². The van der Waals surface area contributed by atoms with Crippen LogP contribution in [-0.2, 0) is 2.81 Å². The molecule has 1 nitrogen and oxygen atoms in total. The number of hydrogen-bond acceptors (Lipinski definition) is 1. The van der Waals surface area contributed by atoms with Gasteiger partial charge in [0.05, 0.1) is 0 Å². The normalized spacial score (nSPS) is 4.40. The Hall–Kier alpha value is 0.683. The zero-order valence-corrected chi connectivity index (χ0v) is 7.37. The van der Waals surface area contributed by atoms with Gasteiger partial charge in [-0.3, -0.25) is 0 Å². The van der Waals surface area contributed by atoms with Gasteiger partial charge in [0, 0.05) is 0 Å². The van der Waals surface area contributed by atoms with Gasteiger partial charge in [0.15, 0.2) is 0 Å². The van der Waals surface area contributed by atoms with E-state index in [2.05, 4.69) is 0 Å². The Labute approximate surface area is 48.1 Å². The van der Waals surface area contributed by atoms with Crippen LogP contribution in [0.4, 0.5) is 0 Å². The predicted molar refractivity (Wildman–Crippen MR) is 23.5 cm³/mol. The van der Waals surface area contributed by atoms with Gasteiger partial charge in [-0.1, -0.05) is 13.8 Å². The fourth-order valence-corrected chi connectivity index (χ4v) is 0. The first kappa shape index (κ1) is 9.19. The first-order chi connectivity index (χ1) is 2.41. The molecule has 0 aromatic carbocycles. The molecule has 0 saturated carbocycles. The molecule has 0 atom stereocenters. The van der Waals surface area contributed by atoms with Crippen LogP contribution in [0.1, 0.15) is 13.8 Å². The van der Waals surface area contributed by atoms with Crippen LogP contribution in [0, 0.1) is 6.42 Å². The third-order valence-electron chi connectivity index (χ3n) is 0. The molecule has 31 valence electrons. The van der Waals surface area contributed by atoms with E-state index in [1.807, 2.05) is 20.3 Å². The van der Waals surface area contributed by atoms with Crippen molar-refractivity contribution in [3.8, 4) is 0 Å². The maximum atomic E-state index is 8.39. The van der Waals surface area contributed by atoms with Gasteiger partial charge in [0.1, 0.15) is 0 Å². The molecular weight excluding hydrogens is 261 g/mol. The van der Waals surface area contributed by atoms with Gasteiger partial charge in [-0.15, -0.1) is 0 Å². The minimum absolute atomic E-state index is 0.0556. The van der Waals surface area contributed by atoms with E-state index < -0.39 is 0 Å². The van der Waals surface area contributed by atoms with E-state index in [9.17, 15) is 0 Å². The van der Waals surface area contributed by atoms with Crippen LogP contribution in [0.5, 0.6) is 0 Å². The van der Waals surface area contributed by atoms with Crippen LogP contribution < -0.4 is 0 Å². The molecule has 0 rings (SSSR count). The summed E-state index contributed by atoms with van der Waals surface area (Å²) in [5, 5.41) is 0. The van der Waals surface area contributed by atoms with Gasteiger partial charge in [0.2, 0.25) is 0 Å². The molecule has 0 aliphatic rings. The second kappa shape index (κ2) is 22.4. The molecule has 0 bridgehead atoms. The summed E-state index contributed by atoms with van der Waals surface area (Å²) in [6.45, 7) is 4.00. The molecule has 0 unspecified atom stereocenters. The Morgan fingerprint density at radius 2 is 1.40 bits per heavy atom. The van der Waals surface area contributed by atoms with Crippen molar-refractivity contribution < 1.29 is 2.81 Å². The van der Waals surface area contributed by atoms with E-state index in [1.165, 1.54) is 0 Å². The van der Waals surface area contributed by atoms with Gasteiger partial charge >= 0.3 is 27.5 Å². The Morgan fingerprint density at radius 3 is 1.40 bits per heavy atom.